The molecule has 1 aromatic carbocycles. The standard InChI is InChI=1S/C8H7N4S/c1-13-7-4-2-6(3-5-7)8-9-11-12-10-8/h2-5H,1H3/q-1. The number of hydrogen-bond donors (Lipinski definition) is 0. The number of benzene rings is 1. The van der Waals surface area contributed by atoms with Crippen molar-refractivity contribution in [3.63, 3.8) is 0 Å². The molecule has 0 bridgehead atoms. The molecule has 1 aromatic heterocycles. The van der Waals surface area contributed by atoms with E-state index in [1.807, 2.05) is 30.5 Å². The molecule has 0 radical (unpaired) electrons. The van der Waals surface area contributed by atoms with E-state index in [0.717, 1.165) is 5.56 Å². The number of aromatic nitrogens is 4. The van der Waals surface area contributed by atoms with Gasteiger partial charge < -0.3 is 5.10 Å². The van der Waals surface area contributed by atoms with E-state index < -0.39 is 0 Å². The van der Waals surface area contributed by atoms with E-state index >= 15 is 0 Å². The van der Waals surface area contributed by atoms with Crippen LogP contribution in [0.4, 0.5) is 0 Å². The molecule has 0 unspecified atom stereocenters. The predicted molar refractivity (Wildman–Crippen MR) is 50.4 cm³/mol. The summed E-state index contributed by atoms with van der Waals surface area (Å²) in [7, 11) is 0. The lowest BCUT2D eigenvalue weighted by Crippen LogP contribution is -1.82. The van der Waals surface area contributed by atoms with Gasteiger partial charge in [0.15, 0.2) is 0 Å². The number of thioether (sulfide) groups is 1. The smallest absolute Gasteiger partial charge is 0.0397 e. The van der Waals surface area contributed by atoms with Crippen molar-refractivity contribution >= 4 is 11.8 Å². The number of hydrogen-bond acceptors (Lipinski definition) is 4. The molecule has 13 heavy (non-hydrogen) atoms. The van der Waals surface area contributed by atoms with E-state index in [0.29, 0.717) is 5.82 Å². The minimum atomic E-state index is 0.577. The van der Waals surface area contributed by atoms with Gasteiger partial charge in [-0.2, -0.15) is 5.21 Å². The molecule has 0 saturated heterocycles. The van der Waals surface area contributed by atoms with Crippen LogP contribution in [0.15, 0.2) is 29.2 Å². The summed E-state index contributed by atoms with van der Waals surface area (Å²) < 4.78 is 0. The average molecular weight is 191 g/mol. The van der Waals surface area contributed by atoms with Crippen LogP contribution in [0, 0.1) is 0 Å². The molecule has 0 fully saturated rings. The van der Waals surface area contributed by atoms with Crippen molar-refractivity contribution in [3.05, 3.63) is 24.3 Å². The van der Waals surface area contributed by atoms with E-state index in [1.54, 1.807) is 11.8 Å². The van der Waals surface area contributed by atoms with Crippen LogP contribution in [-0.4, -0.2) is 21.8 Å². The van der Waals surface area contributed by atoms with Crippen molar-refractivity contribution in [2.24, 2.45) is 0 Å². The van der Waals surface area contributed by atoms with Crippen molar-refractivity contribution in [2.45, 2.75) is 4.90 Å². The van der Waals surface area contributed by atoms with Gasteiger partial charge in [-0.15, -0.1) is 11.8 Å². The molecule has 66 valence electrons. The van der Waals surface area contributed by atoms with Crippen molar-refractivity contribution in [2.75, 3.05) is 6.26 Å². The Labute approximate surface area is 79.8 Å². The van der Waals surface area contributed by atoms with Crippen molar-refractivity contribution in [1.82, 2.24) is 20.6 Å². The van der Waals surface area contributed by atoms with Gasteiger partial charge in [0, 0.05) is 10.7 Å². The first-order valence-electron chi connectivity index (χ1n) is 3.73. The van der Waals surface area contributed by atoms with Gasteiger partial charge in [0.05, 0.1) is 0 Å². The van der Waals surface area contributed by atoms with Gasteiger partial charge in [0.1, 0.15) is 0 Å². The van der Waals surface area contributed by atoms with E-state index in [-0.39, 0.29) is 0 Å². The normalized spacial score (nSPS) is 10.2. The van der Waals surface area contributed by atoms with Crippen LogP contribution in [-0.2, 0) is 0 Å². The van der Waals surface area contributed by atoms with Gasteiger partial charge in [0.25, 0.3) is 0 Å². The maximum Gasteiger partial charge on any atom is 0.0397 e. The summed E-state index contributed by atoms with van der Waals surface area (Å²) >= 11 is 1.70. The van der Waals surface area contributed by atoms with Gasteiger partial charge in [-0.3, -0.25) is 10.3 Å². The molecule has 0 N–H and O–H groups in total. The molecule has 4 nitrogen and oxygen atoms in total. The van der Waals surface area contributed by atoms with Crippen LogP contribution >= 0.6 is 11.8 Å². The zero-order valence-corrected chi connectivity index (χ0v) is 7.82. The second kappa shape index (κ2) is 3.57. The summed E-state index contributed by atoms with van der Waals surface area (Å²) in [5, 5.41) is 14.4. The van der Waals surface area contributed by atoms with Crippen LogP contribution in [0.3, 0.4) is 0 Å². The first-order chi connectivity index (χ1) is 6.40. The first kappa shape index (κ1) is 8.25. The zero-order chi connectivity index (χ0) is 9.10. The maximum absolute atomic E-state index is 3.76. The fourth-order valence-electron chi connectivity index (χ4n) is 1.00. The Kier molecular flexibility index (Phi) is 2.27. The molecule has 5 heteroatoms. The molecule has 1 heterocycles. The molecule has 0 aliphatic carbocycles. The van der Waals surface area contributed by atoms with Crippen LogP contribution in [0.25, 0.3) is 11.4 Å². The Bertz CT molecular complexity index is 368. The minimum Gasteiger partial charge on any atom is -0.330 e. The number of tetrazole rings is 1. The average Bonchev–Trinajstić information content (AvgIpc) is 2.71. The summed E-state index contributed by atoms with van der Waals surface area (Å²) in [4.78, 5) is 1.22. The lowest BCUT2D eigenvalue weighted by atomic mass is 10.2. The highest BCUT2D eigenvalue weighted by molar-refractivity contribution is 7.98. The van der Waals surface area contributed by atoms with Crippen LogP contribution in [0.5, 0.6) is 0 Å². The molecular weight excluding hydrogens is 184 g/mol. The fourth-order valence-corrected chi connectivity index (χ4v) is 1.41. The van der Waals surface area contributed by atoms with E-state index in [1.165, 1.54) is 4.90 Å². The molecule has 0 aliphatic heterocycles. The Hall–Kier alpha value is -1.36. The van der Waals surface area contributed by atoms with Gasteiger partial charge in [0.2, 0.25) is 0 Å². The van der Waals surface area contributed by atoms with Crippen molar-refractivity contribution in [1.29, 1.82) is 0 Å². The lowest BCUT2D eigenvalue weighted by molar-refractivity contribution is 0.871. The number of rotatable bonds is 2. The third-order valence-electron chi connectivity index (χ3n) is 1.67. The molecule has 2 aromatic rings. The van der Waals surface area contributed by atoms with E-state index in [9.17, 15) is 0 Å². The first-order valence-corrected chi connectivity index (χ1v) is 4.96. The highest BCUT2D eigenvalue weighted by atomic mass is 32.2. The topological polar surface area (TPSA) is 52.8 Å². The fraction of sp³-hybridized carbons (Fsp3) is 0.125. The summed E-state index contributed by atoms with van der Waals surface area (Å²) in [6.45, 7) is 0. The highest BCUT2D eigenvalue weighted by Gasteiger charge is 1.94. The quantitative estimate of drug-likeness (QED) is 0.668. The Morgan fingerprint density at radius 2 is 2.00 bits per heavy atom. The SMILES string of the molecule is CSc1ccc(-c2nnn[n-]2)cc1. The molecule has 0 saturated carbocycles. The third kappa shape index (κ3) is 1.70. The predicted octanol–water partition coefficient (Wildman–Crippen LogP) is 1.22. The molecule has 0 aliphatic rings. The van der Waals surface area contributed by atoms with Crippen molar-refractivity contribution in [3.8, 4) is 11.4 Å². The molecule has 0 spiro atoms. The van der Waals surface area contributed by atoms with Crippen molar-refractivity contribution < 1.29 is 0 Å². The van der Waals surface area contributed by atoms with Crippen LogP contribution in [0.1, 0.15) is 0 Å². The molecular formula is C8H7N4S-. The Morgan fingerprint density at radius 1 is 1.23 bits per heavy atom. The largest absolute Gasteiger partial charge is 0.330 e. The second-order valence-corrected chi connectivity index (χ2v) is 3.31. The van der Waals surface area contributed by atoms with E-state index in [4.69, 9.17) is 0 Å². The zero-order valence-electron chi connectivity index (χ0n) is 7.01. The summed E-state index contributed by atoms with van der Waals surface area (Å²) in [5.74, 6) is 0.577. The highest BCUT2D eigenvalue weighted by Crippen LogP contribution is 2.18. The van der Waals surface area contributed by atoms with Gasteiger partial charge in [-0.1, -0.05) is 12.1 Å². The van der Waals surface area contributed by atoms with Gasteiger partial charge in [-0.05, 0) is 24.0 Å². The van der Waals surface area contributed by atoms with Crippen LogP contribution in [0.2, 0.25) is 0 Å². The van der Waals surface area contributed by atoms with Gasteiger partial charge in [-0.25, -0.2) is 0 Å². The maximum atomic E-state index is 3.76. The van der Waals surface area contributed by atoms with E-state index in [2.05, 4.69) is 20.6 Å². The monoisotopic (exact) mass is 191 g/mol. The summed E-state index contributed by atoms with van der Waals surface area (Å²) in [6, 6.07) is 7.97. The summed E-state index contributed by atoms with van der Waals surface area (Å²) in [5.41, 5.74) is 0.947. The Morgan fingerprint density at radius 3 is 2.54 bits per heavy atom. The number of nitrogens with zero attached hydrogens (tertiary/aromatic N) is 4. The second-order valence-electron chi connectivity index (χ2n) is 2.43. The molecule has 2 rings (SSSR count). The molecule has 0 atom stereocenters. The lowest BCUT2D eigenvalue weighted by Gasteiger charge is -2.00. The third-order valence-corrected chi connectivity index (χ3v) is 2.41. The molecule has 0 amide bonds. The minimum absolute atomic E-state index is 0.577. The summed E-state index contributed by atoms with van der Waals surface area (Å²) in [6.07, 6.45) is 2.04. The van der Waals surface area contributed by atoms with Crippen LogP contribution < -0.4 is 5.10 Å². The Balaban J connectivity index is 2.33. The van der Waals surface area contributed by atoms with Gasteiger partial charge >= 0.3 is 0 Å².